The third kappa shape index (κ3) is 4.50. The molecule has 52 heavy (non-hydrogen) atoms. The number of aromatic nitrogens is 2. The Morgan fingerprint density at radius 2 is 0.942 bits per heavy atom. The number of benzene rings is 3. The summed E-state index contributed by atoms with van der Waals surface area (Å²) < 4.78 is 69.9. The molecule has 14 heteroatoms. The van der Waals surface area contributed by atoms with E-state index in [0.717, 1.165) is 34.4 Å². The van der Waals surface area contributed by atoms with E-state index in [1.807, 2.05) is 39.8 Å². The van der Waals surface area contributed by atoms with Gasteiger partial charge in [-0.1, -0.05) is 0 Å². The smallest absolute Gasteiger partial charge is 0.237 e. The largest absolute Gasteiger partial charge is 0.466 e. The van der Waals surface area contributed by atoms with E-state index in [0.29, 0.717) is 21.9 Å². The van der Waals surface area contributed by atoms with E-state index in [1.165, 1.54) is 34.8 Å². The molecule has 8 nitrogen and oxygen atoms in total. The summed E-state index contributed by atoms with van der Waals surface area (Å²) in [4.78, 5) is 61.3. The average molecular weight is 741 g/mol. The van der Waals surface area contributed by atoms with Crippen LogP contribution in [-0.2, 0) is 20.8 Å². The Labute approximate surface area is 299 Å². The number of Topliss-reactive ketones (excluding diaryl/α,β-unsaturated/α-hetero) is 4. The Kier molecular flexibility index (Phi) is 6.51. The number of thiazole rings is 2. The van der Waals surface area contributed by atoms with E-state index in [2.05, 4.69) is 9.97 Å². The van der Waals surface area contributed by atoms with Crippen molar-refractivity contribution in [2.75, 3.05) is 0 Å². The first-order valence-electron chi connectivity index (χ1n) is 15.7. The van der Waals surface area contributed by atoms with E-state index in [1.54, 1.807) is 0 Å². The molecule has 0 atom stereocenters. The van der Waals surface area contributed by atoms with Gasteiger partial charge >= 0.3 is 0 Å². The lowest BCUT2D eigenvalue weighted by Gasteiger charge is -2.37. The lowest BCUT2D eigenvalue weighted by molar-refractivity contribution is -0.110. The van der Waals surface area contributed by atoms with Gasteiger partial charge in [0.25, 0.3) is 0 Å². The van der Waals surface area contributed by atoms with Crippen LogP contribution in [0.2, 0.25) is 0 Å². The van der Waals surface area contributed by atoms with Crippen LogP contribution in [-0.4, -0.2) is 33.1 Å². The van der Waals surface area contributed by atoms with Gasteiger partial charge in [-0.3, -0.25) is 19.2 Å². The monoisotopic (exact) mass is 740 g/mol. The summed E-state index contributed by atoms with van der Waals surface area (Å²) in [5.74, 6) is -7.61. The third-order valence-electron chi connectivity index (χ3n) is 9.45. The van der Waals surface area contributed by atoms with Gasteiger partial charge < -0.3 is 9.47 Å². The number of allylic oxidation sites excluding steroid dienone is 2. The van der Waals surface area contributed by atoms with E-state index < -0.39 is 68.7 Å². The summed E-state index contributed by atoms with van der Waals surface area (Å²) in [6.07, 6.45) is 2.66. The second kappa shape index (κ2) is 10.5. The maximum absolute atomic E-state index is 14.5. The average Bonchev–Trinajstić information content (AvgIpc) is 3.77. The minimum atomic E-state index is -1.12. The molecule has 2 aliphatic heterocycles. The molecule has 4 aliphatic rings. The highest BCUT2D eigenvalue weighted by Crippen LogP contribution is 2.55. The fourth-order valence-electron chi connectivity index (χ4n) is 7.09. The molecular formula is C38H20F4N2O6S2. The van der Waals surface area contributed by atoms with Gasteiger partial charge in [-0.2, -0.15) is 0 Å². The first-order valence-corrected chi connectivity index (χ1v) is 17.4. The molecule has 0 fully saturated rings. The first-order chi connectivity index (χ1) is 24.5. The Bertz CT molecular complexity index is 2490. The molecule has 0 N–H and O–H groups in total. The van der Waals surface area contributed by atoms with E-state index in [9.17, 15) is 36.7 Å². The predicted octanol–water partition coefficient (Wildman–Crippen LogP) is 8.36. The molecule has 258 valence electrons. The Morgan fingerprint density at radius 1 is 0.558 bits per heavy atom. The molecule has 3 aromatic carbocycles. The number of hydrogen-bond acceptors (Lipinski definition) is 10. The van der Waals surface area contributed by atoms with Crippen molar-refractivity contribution in [3.05, 3.63) is 103 Å². The summed E-state index contributed by atoms with van der Waals surface area (Å²) in [6.45, 7) is 7.41. The van der Waals surface area contributed by atoms with Crippen LogP contribution < -0.4 is 9.47 Å². The molecule has 0 spiro atoms. The fraction of sp³-hybridized carbons (Fsp3) is 0.158. The van der Waals surface area contributed by atoms with Gasteiger partial charge in [0.1, 0.15) is 44.5 Å². The van der Waals surface area contributed by atoms with E-state index in [-0.39, 0.29) is 44.0 Å². The van der Waals surface area contributed by atoms with Crippen LogP contribution in [0.15, 0.2) is 36.4 Å². The summed E-state index contributed by atoms with van der Waals surface area (Å²) in [7, 11) is 0. The second-order valence-electron chi connectivity index (χ2n) is 13.6. The number of ketones is 4. The molecule has 0 saturated heterocycles. The highest BCUT2D eigenvalue weighted by Gasteiger charge is 2.43. The predicted molar refractivity (Wildman–Crippen MR) is 183 cm³/mol. The van der Waals surface area contributed by atoms with Gasteiger partial charge in [-0.25, -0.2) is 27.5 Å². The molecule has 4 heterocycles. The molecule has 2 aliphatic carbocycles. The minimum absolute atomic E-state index is 0.141. The van der Waals surface area contributed by atoms with E-state index in [4.69, 9.17) is 9.47 Å². The minimum Gasteiger partial charge on any atom is -0.466 e. The number of ether oxygens (including phenoxy) is 2. The lowest BCUT2D eigenvalue weighted by Crippen LogP contribution is -2.32. The van der Waals surface area contributed by atoms with E-state index >= 15 is 0 Å². The van der Waals surface area contributed by atoms with Crippen LogP contribution >= 0.6 is 22.7 Å². The van der Waals surface area contributed by atoms with Crippen molar-refractivity contribution in [3.8, 4) is 32.6 Å². The number of nitrogens with zero attached hydrogens (tertiary/aromatic N) is 2. The summed E-state index contributed by atoms with van der Waals surface area (Å²) in [5, 5.41) is 0.554. The number of halogens is 4. The number of hydrogen-bond donors (Lipinski definition) is 0. The normalized spacial score (nSPS) is 18.8. The van der Waals surface area contributed by atoms with Crippen LogP contribution in [0.5, 0.6) is 11.8 Å². The van der Waals surface area contributed by atoms with Gasteiger partial charge in [0.2, 0.25) is 34.9 Å². The zero-order valence-corrected chi connectivity index (χ0v) is 28.9. The number of carbonyl (C=O) groups is 4. The number of rotatable bonds is 2. The third-order valence-corrected chi connectivity index (χ3v) is 11.5. The van der Waals surface area contributed by atoms with Crippen molar-refractivity contribution in [2.24, 2.45) is 0 Å². The maximum Gasteiger partial charge on any atom is 0.237 e. The van der Waals surface area contributed by atoms with Crippen molar-refractivity contribution in [1.82, 2.24) is 9.97 Å². The first kappa shape index (κ1) is 32.3. The number of fused-ring (bicyclic) bond motifs is 8. The molecular weight excluding hydrogens is 721 g/mol. The standard InChI is InChI=1S/C38H20F4N2O6S2/c1-37(2)21-9-20-22(10-19(21)33-35(49-37)43-25(51-33)11-17-15-5-13(39)7-23(41)27(15)31(47)29(17)45)38(3,4)50-36-34(20)52-26(44-36)12-18-16-6-14(40)8-24(42)28(16)32(48)30(18)46/h5-12H,1-4H3/b17-11-,18-12-. The van der Waals surface area contributed by atoms with Gasteiger partial charge in [-0.15, -0.1) is 22.7 Å². The molecule has 2 aromatic heterocycles. The molecule has 9 rings (SSSR count). The van der Waals surface area contributed by atoms with Crippen molar-refractivity contribution < 1.29 is 46.2 Å². The molecule has 5 aromatic rings. The summed E-state index contributed by atoms with van der Waals surface area (Å²) in [6, 6.07) is 6.92. The Morgan fingerprint density at radius 3 is 1.33 bits per heavy atom. The summed E-state index contributed by atoms with van der Waals surface area (Å²) in [5.41, 5.74) is -0.362. The quantitative estimate of drug-likeness (QED) is 0.101. The van der Waals surface area contributed by atoms with Crippen molar-refractivity contribution in [2.45, 2.75) is 38.9 Å². The number of carbonyl (C=O) groups excluding carboxylic acids is 4. The molecule has 0 bridgehead atoms. The maximum atomic E-state index is 14.5. The Balaban J connectivity index is 1.16. The van der Waals surface area contributed by atoms with Crippen molar-refractivity contribution in [3.63, 3.8) is 0 Å². The van der Waals surface area contributed by atoms with Crippen LogP contribution in [0.1, 0.15) is 80.7 Å². The van der Waals surface area contributed by atoms with Crippen LogP contribution in [0, 0.1) is 23.3 Å². The summed E-state index contributed by atoms with van der Waals surface area (Å²) >= 11 is 2.34. The highest BCUT2D eigenvalue weighted by molar-refractivity contribution is 7.17. The van der Waals surface area contributed by atoms with Crippen LogP contribution in [0.3, 0.4) is 0 Å². The molecule has 0 amide bonds. The Hall–Kier alpha value is -5.60. The van der Waals surface area contributed by atoms with Gasteiger partial charge in [0.15, 0.2) is 0 Å². The topological polar surface area (TPSA) is 113 Å². The SMILES string of the molecule is CC1(C)Oc2nc(/C=C3\C(=O)C(=O)c4c(F)cc(F)cc43)sc2-c2cc3c(cc21)-c1sc(/C=C2\C(=O)C(=O)c4c(F)cc(F)cc42)nc1OC3(C)C. The zero-order chi connectivity index (χ0) is 36.8. The van der Waals surface area contributed by atoms with Gasteiger partial charge in [-0.05, 0) is 64.1 Å². The van der Waals surface area contributed by atoms with Crippen LogP contribution in [0.4, 0.5) is 17.6 Å². The second-order valence-corrected chi connectivity index (χ2v) is 15.7. The van der Waals surface area contributed by atoms with Crippen LogP contribution in [0.25, 0.3) is 44.2 Å². The molecule has 0 saturated carbocycles. The molecule has 0 radical (unpaired) electrons. The van der Waals surface area contributed by atoms with Gasteiger partial charge in [0.05, 0.1) is 20.9 Å². The van der Waals surface area contributed by atoms with Gasteiger partial charge in [0, 0.05) is 56.7 Å². The lowest BCUT2D eigenvalue weighted by atomic mass is 9.81. The highest BCUT2D eigenvalue weighted by atomic mass is 32.1. The van der Waals surface area contributed by atoms with Crippen molar-refractivity contribution >= 4 is 69.1 Å². The fourth-order valence-corrected chi connectivity index (χ4v) is 9.03. The molecule has 0 unspecified atom stereocenters. The zero-order valence-electron chi connectivity index (χ0n) is 27.3. The van der Waals surface area contributed by atoms with Crippen molar-refractivity contribution in [1.29, 1.82) is 0 Å².